The van der Waals surface area contributed by atoms with Crippen LogP contribution in [-0.4, -0.2) is 32.1 Å². The highest BCUT2D eigenvalue weighted by atomic mass is 35.9. The van der Waals surface area contributed by atoms with Gasteiger partial charge < -0.3 is 9.42 Å². The molecule has 0 bridgehead atoms. The van der Waals surface area contributed by atoms with Gasteiger partial charge in [-0.2, -0.15) is 0 Å². The molecule has 3 nitrogen and oxygen atoms in total. The van der Waals surface area contributed by atoms with Crippen LogP contribution in [0.3, 0.4) is 0 Å². The fourth-order valence-corrected chi connectivity index (χ4v) is 1.04. The third-order valence-corrected chi connectivity index (χ3v) is 1.85. The van der Waals surface area contributed by atoms with Crippen LogP contribution < -0.4 is 0 Å². The molecule has 62 valence electrons. The van der Waals surface area contributed by atoms with Gasteiger partial charge in [0.15, 0.2) is 0 Å². The summed E-state index contributed by atoms with van der Waals surface area (Å²) in [5.41, 5.74) is 0. The summed E-state index contributed by atoms with van der Waals surface area (Å²) in [6.07, 6.45) is -3.30. The molecule has 0 unspecified atom stereocenters. The molecule has 0 fully saturated rings. The van der Waals surface area contributed by atoms with Gasteiger partial charge in [0.2, 0.25) is 0 Å². The van der Waals surface area contributed by atoms with Crippen molar-refractivity contribution in [3.63, 3.8) is 0 Å². The first kappa shape index (κ1) is 10.7. The van der Waals surface area contributed by atoms with E-state index in [0.717, 1.165) is 0 Å². The first-order chi connectivity index (χ1) is 4.42. The molecule has 0 aliphatic heterocycles. The molecule has 0 aliphatic carbocycles. The molecule has 0 aliphatic rings. The van der Waals surface area contributed by atoms with Crippen LogP contribution in [0.5, 0.6) is 0 Å². The van der Waals surface area contributed by atoms with E-state index in [9.17, 15) is 4.57 Å². The molecule has 10 heavy (non-hydrogen) atoms. The second-order valence-corrected chi connectivity index (χ2v) is 6.33. The lowest BCUT2D eigenvalue weighted by atomic mass is 10.6. The molecule has 0 amide bonds. The predicted octanol–water partition coefficient (Wildman–Crippen LogP) is 2.15. The zero-order valence-corrected chi connectivity index (χ0v) is 8.29. The van der Waals surface area contributed by atoms with Crippen molar-refractivity contribution in [1.82, 2.24) is 4.90 Å². The zero-order chi connectivity index (χ0) is 8.20. The lowest BCUT2D eigenvalue weighted by molar-refractivity contribution is 0.273. The van der Waals surface area contributed by atoms with Gasteiger partial charge in [0, 0.05) is 6.54 Å². The Hall–Kier alpha value is 0.730. The highest BCUT2D eigenvalue weighted by Crippen LogP contribution is 2.57. The van der Waals surface area contributed by atoms with E-state index in [-0.39, 0.29) is 6.61 Å². The lowest BCUT2D eigenvalue weighted by Gasteiger charge is -2.09. The van der Waals surface area contributed by atoms with Crippen LogP contribution in [0.15, 0.2) is 0 Å². The summed E-state index contributed by atoms with van der Waals surface area (Å²) in [5.74, 6) is 0. The highest BCUT2D eigenvalue weighted by Gasteiger charge is 2.13. The van der Waals surface area contributed by atoms with E-state index >= 15 is 0 Å². The number of halogens is 2. The Labute approximate surface area is 70.3 Å². The van der Waals surface area contributed by atoms with Gasteiger partial charge in [-0.1, -0.05) is 0 Å². The highest BCUT2D eigenvalue weighted by molar-refractivity contribution is 8.05. The SMILES string of the molecule is CN(C)CCOP(=O)(Cl)Cl. The molecule has 0 rings (SSSR count). The van der Waals surface area contributed by atoms with Gasteiger partial charge in [0.05, 0.1) is 6.61 Å². The number of nitrogens with zero attached hydrogens (tertiary/aromatic N) is 1. The molecule has 0 aromatic carbocycles. The van der Waals surface area contributed by atoms with E-state index in [1.54, 1.807) is 0 Å². The maximum atomic E-state index is 10.5. The van der Waals surface area contributed by atoms with Crippen molar-refractivity contribution in [3.8, 4) is 0 Å². The Morgan fingerprint density at radius 2 is 2.00 bits per heavy atom. The fraction of sp³-hybridized carbons (Fsp3) is 1.00. The summed E-state index contributed by atoms with van der Waals surface area (Å²) in [6, 6.07) is 0. The summed E-state index contributed by atoms with van der Waals surface area (Å²) >= 11 is 10.2. The van der Waals surface area contributed by atoms with Crippen LogP contribution in [0.2, 0.25) is 0 Å². The van der Waals surface area contributed by atoms with E-state index in [1.165, 1.54) is 0 Å². The Kier molecular flexibility index (Phi) is 4.91. The molecule has 0 atom stereocenters. The van der Waals surface area contributed by atoms with Crippen molar-refractivity contribution in [2.75, 3.05) is 27.2 Å². The second-order valence-electron chi connectivity index (χ2n) is 2.05. The largest absolute Gasteiger partial charge is 0.380 e. The number of rotatable bonds is 4. The maximum absolute atomic E-state index is 10.5. The summed E-state index contributed by atoms with van der Waals surface area (Å²) in [6.45, 7) is 0.945. The van der Waals surface area contributed by atoms with E-state index < -0.39 is 6.07 Å². The molecular weight excluding hydrogens is 196 g/mol. The van der Waals surface area contributed by atoms with Crippen LogP contribution >= 0.6 is 28.6 Å². The van der Waals surface area contributed by atoms with Crippen LogP contribution in [0.25, 0.3) is 0 Å². The number of likely N-dealkylation sites (N-methyl/N-ethyl adjacent to an activating group) is 1. The lowest BCUT2D eigenvalue weighted by Crippen LogP contribution is -2.16. The standard InChI is InChI=1S/C4H10Cl2NO2P/c1-7(2)3-4-9-10(5,6)8/h3-4H2,1-2H3. The first-order valence-corrected chi connectivity index (χ1v) is 6.14. The quantitative estimate of drug-likeness (QED) is 0.660. The molecule has 0 spiro atoms. The summed E-state index contributed by atoms with van der Waals surface area (Å²) in [7, 11) is 3.74. The van der Waals surface area contributed by atoms with Gasteiger partial charge >= 0.3 is 6.07 Å². The zero-order valence-electron chi connectivity index (χ0n) is 5.88. The fourth-order valence-electron chi connectivity index (χ4n) is 0.330. The van der Waals surface area contributed by atoms with E-state index in [0.29, 0.717) is 6.54 Å². The van der Waals surface area contributed by atoms with Crippen molar-refractivity contribution in [3.05, 3.63) is 0 Å². The summed E-state index contributed by atoms with van der Waals surface area (Å²) in [4.78, 5) is 1.88. The van der Waals surface area contributed by atoms with Gasteiger partial charge in [-0.25, -0.2) is 0 Å². The van der Waals surface area contributed by atoms with Crippen LogP contribution in [0, 0.1) is 0 Å². The molecule has 0 radical (unpaired) electrons. The van der Waals surface area contributed by atoms with Crippen LogP contribution in [-0.2, 0) is 9.09 Å². The van der Waals surface area contributed by atoms with Gasteiger partial charge in [0.25, 0.3) is 0 Å². The van der Waals surface area contributed by atoms with Crippen molar-refractivity contribution in [2.45, 2.75) is 0 Å². The Morgan fingerprint density at radius 1 is 1.50 bits per heavy atom. The van der Waals surface area contributed by atoms with Crippen molar-refractivity contribution < 1.29 is 9.09 Å². The third kappa shape index (κ3) is 8.73. The van der Waals surface area contributed by atoms with E-state index in [1.807, 2.05) is 19.0 Å². The van der Waals surface area contributed by atoms with Gasteiger partial charge in [-0.3, -0.25) is 4.57 Å². The maximum Gasteiger partial charge on any atom is 0.380 e. The van der Waals surface area contributed by atoms with E-state index in [4.69, 9.17) is 22.5 Å². The molecule has 0 aromatic heterocycles. The second kappa shape index (κ2) is 4.58. The van der Waals surface area contributed by atoms with Crippen molar-refractivity contribution in [1.29, 1.82) is 0 Å². The van der Waals surface area contributed by atoms with Gasteiger partial charge in [-0.05, 0) is 36.6 Å². The minimum Gasteiger partial charge on any atom is -0.307 e. The summed E-state index contributed by atoms with van der Waals surface area (Å²) < 4.78 is 15.1. The topological polar surface area (TPSA) is 29.5 Å². The van der Waals surface area contributed by atoms with Crippen molar-refractivity contribution in [2.24, 2.45) is 0 Å². The predicted molar refractivity (Wildman–Crippen MR) is 43.8 cm³/mol. The average molecular weight is 206 g/mol. The molecule has 0 N–H and O–H groups in total. The summed E-state index contributed by atoms with van der Waals surface area (Å²) in [5, 5.41) is 0. The minimum absolute atomic E-state index is 0.289. The molecular formula is C4H10Cl2NO2P. The third-order valence-electron chi connectivity index (χ3n) is 0.780. The Balaban J connectivity index is 3.30. The minimum atomic E-state index is -3.30. The van der Waals surface area contributed by atoms with Crippen LogP contribution in [0.4, 0.5) is 0 Å². The monoisotopic (exact) mass is 205 g/mol. The average Bonchev–Trinajstić information content (AvgIpc) is 1.59. The van der Waals surface area contributed by atoms with Gasteiger partial charge in [0.1, 0.15) is 0 Å². The number of hydrogen-bond acceptors (Lipinski definition) is 3. The van der Waals surface area contributed by atoms with Gasteiger partial charge in [-0.15, -0.1) is 0 Å². The molecule has 0 saturated heterocycles. The molecule has 0 heterocycles. The Bertz CT molecular complexity index is 135. The molecule has 6 heteroatoms. The molecule has 0 aromatic rings. The van der Waals surface area contributed by atoms with Crippen molar-refractivity contribution >= 4 is 28.6 Å². The van der Waals surface area contributed by atoms with Crippen LogP contribution in [0.1, 0.15) is 0 Å². The number of hydrogen-bond donors (Lipinski definition) is 0. The van der Waals surface area contributed by atoms with E-state index in [2.05, 4.69) is 4.52 Å². The first-order valence-electron chi connectivity index (χ1n) is 2.70. The molecule has 0 saturated carbocycles. The Morgan fingerprint density at radius 3 is 2.30 bits per heavy atom. The smallest absolute Gasteiger partial charge is 0.307 e. The normalized spacial score (nSPS) is 12.5.